The number of benzene rings is 2. The van der Waals surface area contributed by atoms with E-state index in [0.717, 1.165) is 5.56 Å². The average molecular weight is 319 g/mol. The first-order valence-electron chi connectivity index (χ1n) is 6.82. The lowest BCUT2D eigenvalue weighted by Gasteiger charge is -2.07. The molecule has 0 saturated carbocycles. The molecule has 6 heteroatoms. The molecule has 0 saturated heterocycles. The Morgan fingerprint density at radius 1 is 0.955 bits per heavy atom. The van der Waals surface area contributed by atoms with Gasteiger partial charge in [0.2, 0.25) is 10.0 Å². The molecule has 116 valence electrons. The first-order chi connectivity index (χ1) is 10.6. The Bertz CT molecular complexity index is 699. The Hall–Kier alpha value is -2.18. The average Bonchev–Trinajstić information content (AvgIpc) is 2.54. The molecule has 0 aliphatic carbocycles. The van der Waals surface area contributed by atoms with Gasteiger partial charge in [0, 0.05) is 6.54 Å². The summed E-state index contributed by atoms with van der Waals surface area (Å²) in [4.78, 5) is 11.8. The van der Waals surface area contributed by atoms with Crippen molar-refractivity contribution in [1.82, 2.24) is 4.72 Å². The smallest absolute Gasteiger partial charge is 0.307 e. The van der Waals surface area contributed by atoms with E-state index in [2.05, 4.69) is 4.72 Å². The zero-order valence-corrected chi connectivity index (χ0v) is 12.8. The third-order valence-electron chi connectivity index (χ3n) is 2.92. The number of carbonyl (C=O) groups excluding carboxylic acids is 1. The van der Waals surface area contributed by atoms with E-state index in [1.165, 1.54) is 12.1 Å². The number of nitrogens with one attached hydrogen (secondary N) is 1. The highest BCUT2D eigenvalue weighted by molar-refractivity contribution is 7.89. The molecular formula is C16H17NO4S. The Balaban J connectivity index is 1.75. The standard InChI is InChI=1S/C16H17NO4S/c18-16(21-13-14-7-3-1-4-8-14)11-12-17-22(19,20)15-9-5-2-6-10-15/h1-10,17H,11-13H2. The summed E-state index contributed by atoms with van der Waals surface area (Å²) in [5.41, 5.74) is 0.890. The molecule has 2 rings (SSSR count). The van der Waals surface area contributed by atoms with E-state index in [1.54, 1.807) is 18.2 Å². The van der Waals surface area contributed by atoms with Crippen LogP contribution in [-0.2, 0) is 26.2 Å². The SMILES string of the molecule is O=C(CCNS(=O)(=O)c1ccccc1)OCc1ccccc1. The van der Waals surface area contributed by atoms with E-state index >= 15 is 0 Å². The lowest BCUT2D eigenvalue weighted by atomic mass is 10.2. The van der Waals surface area contributed by atoms with Crippen LogP contribution in [0.3, 0.4) is 0 Å². The number of esters is 1. The van der Waals surface area contributed by atoms with Gasteiger partial charge in [0.15, 0.2) is 0 Å². The number of carbonyl (C=O) groups is 1. The van der Waals surface area contributed by atoms with E-state index in [4.69, 9.17) is 4.74 Å². The first-order valence-corrected chi connectivity index (χ1v) is 8.30. The minimum Gasteiger partial charge on any atom is -0.461 e. The van der Waals surface area contributed by atoms with Crippen molar-refractivity contribution in [1.29, 1.82) is 0 Å². The van der Waals surface area contributed by atoms with Crippen molar-refractivity contribution in [3.05, 3.63) is 66.2 Å². The van der Waals surface area contributed by atoms with Gasteiger partial charge in [-0.25, -0.2) is 13.1 Å². The molecule has 0 radical (unpaired) electrons. The molecule has 2 aromatic carbocycles. The summed E-state index contributed by atoms with van der Waals surface area (Å²) in [5, 5.41) is 0. The number of rotatable bonds is 7. The monoisotopic (exact) mass is 319 g/mol. The second-order valence-electron chi connectivity index (χ2n) is 4.61. The van der Waals surface area contributed by atoms with Gasteiger partial charge in [-0.3, -0.25) is 4.79 Å². The van der Waals surface area contributed by atoms with E-state index in [1.807, 2.05) is 30.3 Å². The fourth-order valence-electron chi connectivity index (χ4n) is 1.78. The zero-order chi connectivity index (χ0) is 15.8. The molecule has 0 aromatic heterocycles. The van der Waals surface area contributed by atoms with Crippen molar-refractivity contribution >= 4 is 16.0 Å². The van der Waals surface area contributed by atoms with Crippen LogP contribution >= 0.6 is 0 Å². The summed E-state index contributed by atoms with van der Waals surface area (Å²) < 4.78 is 31.3. The molecule has 0 bridgehead atoms. The number of ether oxygens (including phenoxy) is 1. The zero-order valence-electron chi connectivity index (χ0n) is 11.9. The van der Waals surface area contributed by atoms with Crippen molar-refractivity contribution in [2.24, 2.45) is 0 Å². The molecule has 2 aromatic rings. The number of sulfonamides is 1. The highest BCUT2D eigenvalue weighted by atomic mass is 32.2. The Morgan fingerprint density at radius 2 is 1.55 bits per heavy atom. The summed E-state index contributed by atoms with van der Waals surface area (Å²) >= 11 is 0. The van der Waals surface area contributed by atoms with Gasteiger partial charge < -0.3 is 4.74 Å². The van der Waals surface area contributed by atoms with Crippen LogP contribution in [0.1, 0.15) is 12.0 Å². The quantitative estimate of drug-likeness (QED) is 0.793. The van der Waals surface area contributed by atoms with Gasteiger partial charge in [-0.05, 0) is 17.7 Å². The van der Waals surface area contributed by atoms with Crippen LogP contribution in [0.25, 0.3) is 0 Å². The molecule has 22 heavy (non-hydrogen) atoms. The molecule has 0 unspecified atom stereocenters. The molecule has 5 nitrogen and oxygen atoms in total. The molecule has 0 atom stereocenters. The van der Waals surface area contributed by atoms with Crippen LogP contribution < -0.4 is 4.72 Å². The lowest BCUT2D eigenvalue weighted by molar-refractivity contribution is -0.144. The van der Waals surface area contributed by atoms with Crippen LogP contribution in [0.5, 0.6) is 0 Å². The lowest BCUT2D eigenvalue weighted by Crippen LogP contribution is -2.26. The van der Waals surface area contributed by atoms with E-state index in [9.17, 15) is 13.2 Å². The van der Waals surface area contributed by atoms with Crippen molar-refractivity contribution in [2.45, 2.75) is 17.9 Å². The summed E-state index contributed by atoms with van der Waals surface area (Å²) in [7, 11) is -3.58. The fourth-order valence-corrected chi connectivity index (χ4v) is 2.83. The van der Waals surface area contributed by atoms with Crippen molar-refractivity contribution in [2.75, 3.05) is 6.54 Å². The summed E-state index contributed by atoms with van der Waals surface area (Å²) in [6.07, 6.45) is -0.0150. The normalized spacial score (nSPS) is 11.1. The molecule has 0 fully saturated rings. The van der Waals surface area contributed by atoms with E-state index < -0.39 is 16.0 Å². The van der Waals surface area contributed by atoms with Crippen LogP contribution in [0, 0.1) is 0 Å². The predicted octanol–water partition coefficient (Wildman–Crippen LogP) is 2.10. The molecule has 0 aliphatic rings. The largest absolute Gasteiger partial charge is 0.461 e. The Kier molecular flexibility index (Phi) is 5.68. The van der Waals surface area contributed by atoms with Gasteiger partial charge >= 0.3 is 5.97 Å². The first kappa shape index (κ1) is 16.2. The van der Waals surface area contributed by atoms with Crippen LogP contribution in [0.15, 0.2) is 65.6 Å². The molecule has 0 amide bonds. The van der Waals surface area contributed by atoms with Crippen LogP contribution in [0.2, 0.25) is 0 Å². The maximum atomic E-state index is 11.9. The second-order valence-corrected chi connectivity index (χ2v) is 6.37. The van der Waals surface area contributed by atoms with Gasteiger partial charge in [0.05, 0.1) is 11.3 Å². The molecule has 0 aliphatic heterocycles. The minimum absolute atomic E-state index is 0.00481. The van der Waals surface area contributed by atoms with Crippen molar-refractivity contribution < 1.29 is 17.9 Å². The summed E-state index contributed by atoms with van der Waals surface area (Å²) in [6, 6.07) is 17.3. The fraction of sp³-hybridized carbons (Fsp3) is 0.188. The number of hydrogen-bond donors (Lipinski definition) is 1. The molecular weight excluding hydrogens is 302 g/mol. The summed E-state index contributed by atoms with van der Waals surface area (Å²) in [6.45, 7) is 0.190. The Morgan fingerprint density at radius 3 is 2.18 bits per heavy atom. The summed E-state index contributed by atoms with van der Waals surface area (Å²) in [5.74, 6) is -0.445. The maximum absolute atomic E-state index is 11.9. The second kappa shape index (κ2) is 7.72. The van der Waals surface area contributed by atoms with Crippen LogP contribution in [0.4, 0.5) is 0 Å². The van der Waals surface area contributed by atoms with Gasteiger partial charge in [-0.15, -0.1) is 0 Å². The molecule has 1 N–H and O–H groups in total. The predicted molar refractivity (Wildman–Crippen MR) is 82.5 cm³/mol. The topological polar surface area (TPSA) is 72.5 Å². The van der Waals surface area contributed by atoms with Crippen molar-refractivity contribution in [3.8, 4) is 0 Å². The van der Waals surface area contributed by atoms with Gasteiger partial charge in [0.1, 0.15) is 6.61 Å². The van der Waals surface area contributed by atoms with Gasteiger partial charge in [-0.1, -0.05) is 48.5 Å². The van der Waals surface area contributed by atoms with Gasteiger partial charge in [0.25, 0.3) is 0 Å². The third kappa shape index (κ3) is 4.98. The molecule has 0 spiro atoms. The number of hydrogen-bond acceptors (Lipinski definition) is 4. The minimum atomic E-state index is -3.58. The van der Waals surface area contributed by atoms with E-state index in [-0.39, 0.29) is 24.5 Å². The Labute approximate surface area is 130 Å². The van der Waals surface area contributed by atoms with Gasteiger partial charge in [-0.2, -0.15) is 0 Å². The third-order valence-corrected chi connectivity index (χ3v) is 4.39. The van der Waals surface area contributed by atoms with E-state index in [0.29, 0.717) is 0 Å². The molecule has 0 heterocycles. The highest BCUT2D eigenvalue weighted by Gasteiger charge is 2.13. The maximum Gasteiger partial charge on any atom is 0.307 e. The highest BCUT2D eigenvalue weighted by Crippen LogP contribution is 2.07. The van der Waals surface area contributed by atoms with Crippen molar-refractivity contribution in [3.63, 3.8) is 0 Å². The van der Waals surface area contributed by atoms with Crippen LogP contribution in [-0.4, -0.2) is 20.9 Å².